The van der Waals surface area contributed by atoms with Crippen LogP contribution in [0.1, 0.15) is 25.8 Å². The van der Waals surface area contributed by atoms with Gasteiger partial charge in [0.2, 0.25) is 5.75 Å². The summed E-state index contributed by atoms with van der Waals surface area (Å²) in [6.07, 6.45) is 3.86. The molecular formula is C18H29NO3. The molecule has 0 amide bonds. The van der Waals surface area contributed by atoms with Gasteiger partial charge in [-0.25, -0.2) is 0 Å². The van der Waals surface area contributed by atoms with Crippen LogP contribution in [0.3, 0.4) is 0 Å². The minimum Gasteiger partial charge on any atom is -0.493 e. The van der Waals surface area contributed by atoms with E-state index in [1.54, 1.807) is 21.3 Å². The van der Waals surface area contributed by atoms with Gasteiger partial charge in [-0.3, -0.25) is 0 Å². The summed E-state index contributed by atoms with van der Waals surface area (Å²) in [5.41, 5.74) is 1.17. The SMILES string of the molecule is C=CC[C@@H](Cc1cc(OC)c(OC)c(OC)c1)N(CC)CC. The summed E-state index contributed by atoms with van der Waals surface area (Å²) in [5.74, 6) is 2.04. The Bertz CT molecular complexity index is 444. The fourth-order valence-electron chi connectivity index (χ4n) is 2.82. The molecule has 0 radical (unpaired) electrons. The molecule has 1 rings (SSSR count). The Balaban J connectivity index is 3.11. The maximum absolute atomic E-state index is 5.44. The van der Waals surface area contributed by atoms with Gasteiger partial charge >= 0.3 is 0 Å². The number of hydrogen-bond acceptors (Lipinski definition) is 4. The van der Waals surface area contributed by atoms with Gasteiger partial charge in [0.05, 0.1) is 21.3 Å². The fraction of sp³-hybridized carbons (Fsp3) is 0.556. The van der Waals surface area contributed by atoms with Crippen molar-refractivity contribution in [2.75, 3.05) is 34.4 Å². The first-order valence-corrected chi connectivity index (χ1v) is 7.78. The number of benzene rings is 1. The Hall–Kier alpha value is -1.68. The van der Waals surface area contributed by atoms with E-state index in [0.29, 0.717) is 23.3 Å². The largest absolute Gasteiger partial charge is 0.493 e. The van der Waals surface area contributed by atoms with Gasteiger partial charge in [-0.2, -0.15) is 0 Å². The van der Waals surface area contributed by atoms with Gasteiger partial charge in [0, 0.05) is 6.04 Å². The van der Waals surface area contributed by atoms with Crippen molar-refractivity contribution in [3.8, 4) is 17.2 Å². The van der Waals surface area contributed by atoms with Gasteiger partial charge < -0.3 is 19.1 Å². The van der Waals surface area contributed by atoms with E-state index in [0.717, 1.165) is 25.9 Å². The second kappa shape index (κ2) is 9.36. The molecule has 1 atom stereocenters. The summed E-state index contributed by atoms with van der Waals surface area (Å²) < 4.78 is 16.2. The van der Waals surface area contributed by atoms with E-state index in [1.165, 1.54) is 5.56 Å². The number of nitrogens with zero attached hydrogens (tertiary/aromatic N) is 1. The highest BCUT2D eigenvalue weighted by Gasteiger charge is 2.18. The topological polar surface area (TPSA) is 30.9 Å². The van der Waals surface area contributed by atoms with Crippen molar-refractivity contribution in [2.45, 2.75) is 32.7 Å². The monoisotopic (exact) mass is 307 g/mol. The zero-order valence-corrected chi connectivity index (χ0v) is 14.5. The first-order valence-electron chi connectivity index (χ1n) is 7.78. The predicted octanol–water partition coefficient (Wildman–Crippen LogP) is 3.54. The van der Waals surface area contributed by atoms with E-state index in [-0.39, 0.29) is 0 Å². The van der Waals surface area contributed by atoms with Crippen molar-refractivity contribution in [3.63, 3.8) is 0 Å². The lowest BCUT2D eigenvalue weighted by molar-refractivity contribution is 0.216. The zero-order chi connectivity index (χ0) is 16.5. The van der Waals surface area contributed by atoms with Crippen molar-refractivity contribution < 1.29 is 14.2 Å². The Kier molecular flexibility index (Phi) is 7.82. The highest BCUT2D eigenvalue weighted by atomic mass is 16.5. The molecule has 0 saturated carbocycles. The Morgan fingerprint density at radius 3 is 1.95 bits per heavy atom. The molecule has 0 bridgehead atoms. The summed E-state index contributed by atoms with van der Waals surface area (Å²) in [7, 11) is 4.91. The normalized spacial score (nSPS) is 12.1. The van der Waals surface area contributed by atoms with Gasteiger partial charge in [0.1, 0.15) is 0 Å². The minimum absolute atomic E-state index is 0.426. The van der Waals surface area contributed by atoms with Crippen LogP contribution >= 0.6 is 0 Å². The molecule has 1 aromatic rings. The van der Waals surface area contributed by atoms with Gasteiger partial charge in [-0.1, -0.05) is 19.9 Å². The second-order valence-corrected chi connectivity index (χ2v) is 5.14. The highest BCUT2D eigenvalue weighted by Crippen LogP contribution is 2.38. The lowest BCUT2D eigenvalue weighted by Gasteiger charge is -2.29. The Labute approximate surface area is 134 Å². The van der Waals surface area contributed by atoms with E-state index in [4.69, 9.17) is 14.2 Å². The molecule has 0 fully saturated rings. The lowest BCUT2D eigenvalue weighted by Crippen LogP contribution is -2.36. The maximum Gasteiger partial charge on any atom is 0.203 e. The molecule has 0 aromatic heterocycles. The summed E-state index contributed by atoms with van der Waals surface area (Å²) in [6, 6.07) is 4.48. The van der Waals surface area contributed by atoms with Crippen LogP contribution < -0.4 is 14.2 Å². The number of hydrogen-bond donors (Lipinski definition) is 0. The molecule has 22 heavy (non-hydrogen) atoms. The number of rotatable bonds is 10. The van der Waals surface area contributed by atoms with Crippen LogP contribution in [0.5, 0.6) is 17.2 Å². The third kappa shape index (κ3) is 4.41. The molecule has 0 aliphatic heterocycles. The Morgan fingerprint density at radius 2 is 1.59 bits per heavy atom. The molecule has 0 spiro atoms. The van der Waals surface area contributed by atoms with Crippen molar-refractivity contribution in [1.82, 2.24) is 4.90 Å². The van der Waals surface area contributed by atoms with Crippen LogP contribution in [0.25, 0.3) is 0 Å². The van der Waals surface area contributed by atoms with Crippen molar-refractivity contribution in [3.05, 3.63) is 30.4 Å². The number of methoxy groups -OCH3 is 3. The number of likely N-dealkylation sites (N-methyl/N-ethyl adjacent to an activating group) is 1. The van der Waals surface area contributed by atoms with E-state index in [1.807, 2.05) is 18.2 Å². The third-order valence-corrected chi connectivity index (χ3v) is 3.96. The molecule has 0 aliphatic carbocycles. The van der Waals surface area contributed by atoms with E-state index < -0.39 is 0 Å². The Morgan fingerprint density at radius 1 is 1.05 bits per heavy atom. The summed E-state index contributed by atoms with van der Waals surface area (Å²) >= 11 is 0. The van der Waals surface area contributed by atoms with Crippen LogP contribution in [0, 0.1) is 0 Å². The van der Waals surface area contributed by atoms with Crippen LogP contribution in [-0.4, -0.2) is 45.4 Å². The fourth-order valence-corrected chi connectivity index (χ4v) is 2.82. The molecule has 0 aliphatic rings. The maximum atomic E-state index is 5.44. The van der Waals surface area contributed by atoms with Crippen molar-refractivity contribution in [1.29, 1.82) is 0 Å². The second-order valence-electron chi connectivity index (χ2n) is 5.14. The molecule has 1 aromatic carbocycles. The van der Waals surface area contributed by atoms with Crippen molar-refractivity contribution >= 4 is 0 Å². The molecule has 0 unspecified atom stereocenters. The summed E-state index contributed by atoms with van der Waals surface area (Å²) in [4.78, 5) is 2.45. The van der Waals surface area contributed by atoms with Crippen LogP contribution in [-0.2, 0) is 6.42 Å². The molecule has 0 saturated heterocycles. The first-order chi connectivity index (χ1) is 10.6. The van der Waals surface area contributed by atoms with Gasteiger partial charge in [0.25, 0.3) is 0 Å². The average molecular weight is 307 g/mol. The van der Waals surface area contributed by atoms with E-state index in [2.05, 4.69) is 25.3 Å². The smallest absolute Gasteiger partial charge is 0.203 e. The van der Waals surface area contributed by atoms with Crippen LogP contribution in [0.2, 0.25) is 0 Å². The molecular weight excluding hydrogens is 278 g/mol. The number of ether oxygens (including phenoxy) is 3. The highest BCUT2D eigenvalue weighted by molar-refractivity contribution is 5.54. The molecule has 124 valence electrons. The first kappa shape index (κ1) is 18.4. The van der Waals surface area contributed by atoms with Crippen LogP contribution in [0.4, 0.5) is 0 Å². The third-order valence-electron chi connectivity index (χ3n) is 3.96. The standard InChI is InChI=1S/C18H29NO3/c1-7-10-15(19(8-2)9-3)11-14-12-16(20-4)18(22-6)17(13-14)21-5/h7,12-13,15H,1,8-11H2,2-6H3/t15-/m0/s1. The quantitative estimate of drug-likeness (QED) is 0.619. The lowest BCUT2D eigenvalue weighted by atomic mass is 10.0. The molecule has 4 heteroatoms. The zero-order valence-electron chi connectivity index (χ0n) is 14.5. The average Bonchev–Trinajstić information content (AvgIpc) is 2.55. The molecule has 4 nitrogen and oxygen atoms in total. The van der Waals surface area contributed by atoms with Gasteiger partial charge in [-0.05, 0) is 43.6 Å². The predicted molar refractivity (Wildman–Crippen MR) is 91.3 cm³/mol. The summed E-state index contributed by atoms with van der Waals surface area (Å²) in [6.45, 7) is 10.3. The van der Waals surface area contributed by atoms with Crippen molar-refractivity contribution in [2.24, 2.45) is 0 Å². The molecule has 0 N–H and O–H groups in total. The minimum atomic E-state index is 0.426. The van der Waals surface area contributed by atoms with Gasteiger partial charge in [-0.15, -0.1) is 6.58 Å². The van der Waals surface area contributed by atoms with Crippen LogP contribution in [0.15, 0.2) is 24.8 Å². The van der Waals surface area contributed by atoms with E-state index >= 15 is 0 Å². The summed E-state index contributed by atoms with van der Waals surface area (Å²) in [5, 5.41) is 0. The molecule has 0 heterocycles. The van der Waals surface area contributed by atoms with Gasteiger partial charge in [0.15, 0.2) is 11.5 Å². The van der Waals surface area contributed by atoms with E-state index in [9.17, 15) is 0 Å².